The summed E-state index contributed by atoms with van der Waals surface area (Å²) in [6, 6.07) is -1.12. The second kappa shape index (κ2) is 4.98. The van der Waals surface area contributed by atoms with Gasteiger partial charge in [-0.15, -0.1) is 0 Å². The molecule has 2 amide bonds. The summed E-state index contributed by atoms with van der Waals surface area (Å²) >= 11 is 0. The van der Waals surface area contributed by atoms with Gasteiger partial charge in [-0.05, 0) is 6.42 Å². The van der Waals surface area contributed by atoms with Crippen LogP contribution in [-0.4, -0.2) is 38.5 Å². The van der Waals surface area contributed by atoms with Crippen LogP contribution in [-0.2, 0) is 23.9 Å². The van der Waals surface area contributed by atoms with E-state index in [1.165, 1.54) is 6.08 Å². The first-order valence-corrected chi connectivity index (χ1v) is 7.20. The van der Waals surface area contributed by atoms with Crippen molar-refractivity contribution >= 4 is 22.9 Å². The third-order valence-corrected chi connectivity index (χ3v) is 4.68. The van der Waals surface area contributed by atoms with E-state index in [0.29, 0.717) is 0 Å². The number of rotatable bonds is 6. The van der Waals surface area contributed by atoms with E-state index in [1.807, 2.05) is 5.32 Å². The molecule has 0 aromatic rings. The van der Waals surface area contributed by atoms with Gasteiger partial charge >= 0.3 is 15.6 Å². The van der Waals surface area contributed by atoms with Crippen molar-refractivity contribution in [2.24, 2.45) is 11.8 Å². The van der Waals surface area contributed by atoms with E-state index < -0.39 is 39.2 Å². The fraction of sp³-hybridized carbons (Fsp3) is 0.600. The summed E-state index contributed by atoms with van der Waals surface area (Å²) < 4.78 is 64.4. The van der Waals surface area contributed by atoms with Gasteiger partial charge < -0.3 is 10.6 Å². The molecule has 2 rings (SSSR count). The molecule has 4 unspecified atom stereocenters. The molecule has 2 aliphatic carbocycles. The highest BCUT2D eigenvalue weighted by Gasteiger charge is 2.63. The predicted octanol–water partition coefficient (Wildman–Crippen LogP) is -0.385. The van der Waals surface area contributed by atoms with E-state index in [9.17, 15) is 31.2 Å². The zero-order valence-corrected chi connectivity index (χ0v) is 11.1. The SMILES string of the molecule is O=CNC1C2C=CC(C2)C1(NC=O)OS(=O)(=O)C(F)(F)F. The van der Waals surface area contributed by atoms with Crippen LogP contribution >= 0.6 is 0 Å². The number of carbonyl (C=O) groups excluding carboxylic acids is 2. The highest BCUT2D eigenvalue weighted by molar-refractivity contribution is 7.87. The van der Waals surface area contributed by atoms with E-state index in [2.05, 4.69) is 9.50 Å². The minimum absolute atomic E-state index is 0.0416. The van der Waals surface area contributed by atoms with E-state index in [1.54, 1.807) is 6.08 Å². The van der Waals surface area contributed by atoms with E-state index in [-0.39, 0.29) is 19.2 Å². The van der Waals surface area contributed by atoms with E-state index in [0.717, 1.165) is 0 Å². The number of hydrogen-bond acceptors (Lipinski definition) is 5. The molecule has 0 heterocycles. The molecule has 21 heavy (non-hydrogen) atoms. The zero-order chi connectivity index (χ0) is 15.9. The molecule has 0 aliphatic heterocycles. The van der Waals surface area contributed by atoms with Gasteiger partial charge in [0, 0.05) is 11.8 Å². The van der Waals surface area contributed by atoms with Gasteiger partial charge in [-0.2, -0.15) is 21.6 Å². The third-order valence-electron chi connectivity index (χ3n) is 3.62. The van der Waals surface area contributed by atoms with Gasteiger partial charge in [-0.3, -0.25) is 9.59 Å². The van der Waals surface area contributed by atoms with Gasteiger partial charge in [0.1, 0.15) is 0 Å². The Labute approximate surface area is 117 Å². The summed E-state index contributed by atoms with van der Waals surface area (Å²) in [6.45, 7) is 0. The van der Waals surface area contributed by atoms with Crippen LogP contribution in [0.4, 0.5) is 13.2 Å². The van der Waals surface area contributed by atoms with Crippen LogP contribution in [0.3, 0.4) is 0 Å². The molecule has 4 atom stereocenters. The Hall–Kier alpha value is -1.62. The largest absolute Gasteiger partial charge is 0.523 e. The Morgan fingerprint density at radius 2 is 1.90 bits per heavy atom. The smallest absolute Gasteiger partial charge is 0.350 e. The first-order valence-electron chi connectivity index (χ1n) is 5.79. The maximum Gasteiger partial charge on any atom is 0.523 e. The maximum atomic E-state index is 12.5. The molecule has 2 bridgehead atoms. The predicted molar refractivity (Wildman–Crippen MR) is 61.7 cm³/mol. The van der Waals surface area contributed by atoms with Crippen molar-refractivity contribution in [3.05, 3.63) is 12.2 Å². The molecule has 0 radical (unpaired) electrons. The number of alkyl halides is 3. The van der Waals surface area contributed by atoms with Crippen LogP contribution in [0.15, 0.2) is 12.2 Å². The number of amides is 2. The van der Waals surface area contributed by atoms with Crippen LogP contribution < -0.4 is 10.6 Å². The van der Waals surface area contributed by atoms with Crippen molar-refractivity contribution < 1.29 is 35.4 Å². The van der Waals surface area contributed by atoms with Crippen LogP contribution in [0.5, 0.6) is 0 Å². The first kappa shape index (κ1) is 15.8. The molecular weight excluding hydrogens is 317 g/mol. The van der Waals surface area contributed by atoms with Crippen LogP contribution in [0, 0.1) is 11.8 Å². The lowest BCUT2D eigenvalue weighted by molar-refractivity contribution is -0.123. The summed E-state index contributed by atoms with van der Waals surface area (Å²) in [4.78, 5) is 21.3. The monoisotopic (exact) mass is 328 g/mol. The molecule has 7 nitrogen and oxygen atoms in total. The van der Waals surface area contributed by atoms with Gasteiger partial charge in [0.25, 0.3) is 0 Å². The number of nitrogens with one attached hydrogen (secondary N) is 2. The third kappa shape index (κ3) is 2.39. The highest BCUT2D eigenvalue weighted by atomic mass is 32.2. The van der Waals surface area contributed by atoms with Gasteiger partial charge in [-0.25, -0.2) is 4.18 Å². The molecular formula is C10H11F3N2O5S. The fourth-order valence-electron chi connectivity index (χ4n) is 2.82. The number of carbonyl (C=O) groups is 2. The molecule has 2 aliphatic rings. The molecule has 0 spiro atoms. The lowest BCUT2D eigenvalue weighted by atomic mass is 9.92. The first-order chi connectivity index (χ1) is 9.68. The Balaban J connectivity index is 2.43. The molecule has 1 saturated carbocycles. The van der Waals surface area contributed by atoms with Crippen LogP contribution in [0.25, 0.3) is 0 Å². The van der Waals surface area contributed by atoms with Crippen molar-refractivity contribution in [3.8, 4) is 0 Å². The minimum Gasteiger partial charge on any atom is -0.350 e. The Morgan fingerprint density at radius 3 is 2.43 bits per heavy atom. The summed E-state index contributed by atoms with van der Waals surface area (Å²) in [5.74, 6) is -1.24. The van der Waals surface area contributed by atoms with Crippen molar-refractivity contribution in [1.82, 2.24) is 10.6 Å². The minimum atomic E-state index is -5.95. The normalized spacial score (nSPS) is 34.7. The highest BCUT2D eigenvalue weighted by Crippen LogP contribution is 2.48. The Bertz CT molecular complexity index is 576. The topological polar surface area (TPSA) is 102 Å². The van der Waals surface area contributed by atoms with E-state index in [4.69, 9.17) is 0 Å². The van der Waals surface area contributed by atoms with Gasteiger partial charge in [0.15, 0.2) is 5.72 Å². The Kier molecular flexibility index (Phi) is 3.74. The second-order valence-electron chi connectivity index (χ2n) is 4.69. The molecule has 0 saturated heterocycles. The molecule has 11 heteroatoms. The van der Waals surface area contributed by atoms with Crippen molar-refractivity contribution in [3.63, 3.8) is 0 Å². The summed E-state index contributed by atoms with van der Waals surface area (Å²) in [6.07, 6.45) is 3.58. The van der Waals surface area contributed by atoms with Gasteiger partial charge in [0.05, 0.1) is 6.04 Å². The standard InChI is InChI=1S/C10H11F3N2O5S/c11-10(12,13)21(18,19)20-9(15-5-17)7-2-1-6(3-7)8(9)14-4-16/h1-2,4-8H,3H2,(H,14,16)(H,15,17). The van der Waals surface area contributed by atoms with Gasteiger partial charge in [0.2, 0.25) is 12.8 Å². The fourth-order valence-corrected chi connectivity index (χ4v) is 3.55. The van der Waals surface area contributed by atoms with E-state index >= 15 is 0 Å². The summed E-state index contributed by atoms with van der Waals surface area (Å²) in [5.41, 5.74) is -7.82. The lowest BCUT2D eigenvalue weighted by Crippen LogP contribution is -2.64. The quantitative estimate of drug-likeness (QED) is 0.227. The molecule has 2 N–H and O–H groups in total. The van der Waals surface area contributed by atoms with Crippen molar-refractivity contribution in [2.75, 3.05) is 0 Å². The zero-order valence-electron chi connectivity index (χ0n) is 10.3. The summed E-state index contributed by atoms with van der Waals surface area (Å²) in [5, 5.41) is 4.21. The molecule has 1 fully saturated rings. The lowest BCUT2D eigenvalue weighted by Gasteiger charge is -2.39. The van der Waals surface area contributed by atoms with Crippen molar-refractivity contribution in [1.29, 1.82) is 0 Å². The average Bonchev–Trinajstić information content (AvgIpc) is 2.91. The molecule has 0 aromatic heterocycles. The molecule has 118 valence electrons. The average molecular weight is 328 g/mol. The molecule has 0 aromatic carbocycles. The van der Waals surface area contributed by atoms with Gasteiger partial charge in [-0.1, -0.05) is 12.2 Å². The maximum absolute atomic E-state index is 12.5. The van der Waals surface area contributed by atoms with Crippen molar-refractivity contribution in [2.45, 2.75) is 23.7 Å². The second-order valence-corrected chi connectivity index (χ2v) is 6.23. The number of halogens is 3. The van der Waals surface area contributed by atoms with Crippen LogP contribution in [0.2, 0.25) is 0 Å². The summed E-state index contributed by atoms with van der Waals surface area (Å²) in [7, 11) is -5.95. The number of hydrogen-bond donors (Lipinski definition) is 2. The Morgan fingerprint density at radius 1 is 1.24 bits per heavy atom. The number of fused-ring (bicyclic) bond motifs is 2. The van der Waals surface area contributed by atoms with Crippen LogP contribution in [0.1, 0.15) is 6.42 Å².